The third kappa shape index (κ3) is 4.10. The maximum absolute atomic E-state index is 2.68. The van der Waals surface area contributed by atoms with Crippen LogP contribution in [-0.4, -0.2) is 0 Å². The fourth-order valence-corrected chi connectivity index (χ4v) is 14.0. The molecule has 6 aliphatic rings. The van der Waals surface area contributed by atoms with E-state index in [1.54, 1.807) is 11.1 Å². The summed E-state index contributed by atoms with van der Waals surface area (Å²) in [4.78, 5) is 2.58. The van der Waals surface area contributed by atoms with Crippen molar-refractivity contribution in [2.75, 3.05) is 4.90 Å². The van der Waals surface area contributed by atoms with Gasteiger partial charge in [-0.25, -0.2) is 0 Å². The summed E-state index contributed by atoms with van der Waals surface area (Å²) in [6.07, 6.45) is 8.22. The molecule has 6 unspecified atom stereocenters. The molecule has 272 valence electrons. The molecule has 12 rings (SSSR count). The number of hydrogen-bond donors (Lipinski definition) is 0. The summed E-state index contributed by atoms with van der Waals surface area (Å²) in [6, 6.07) is 53.7. The predicted octanol–water partition coefficient (Wildman–Crippen LogP) is 14.2. The van der Waals surface area contributed by atoms with Crippen molar-refractivity contribution in [3.63, 3.8) is 0 Å². The van der Waals surface area contributed by atoms with Gasteiger partial charge in [0.25, 0.3) is 0 Å². The minimum absolute atomic E-state index is 0.113. The highest BCUT2D eigenvalue weighted by atomic mass is 15.1. The molecule has 0 heterocycles. The van der Waals surface area contributed by atoms with Crippen LogP contribution in [0.2, 0.25) is 0 Å². The molecule has 6 atom stereocenters. The molecular formula is C54H51N. The second-order valence-electron chi connectivity index (χ2n) is 19.6. The lowest BCUT2D eigenvalue weighted by molar-refractivity contribution is -0.231. The summed E-state index contributed by atoms with van der Waals surface area (Å²) in [7, 11) is 0. The van der Waals surface area contributed by atoms with Gasteiger partial charge in [0.05, 0.1) is 0 Å². The van der Waals surface area contributed by atoms with Crippen molar-refractivity contribution in [1.29, 1.82) is 0 Å². The van der Waals surface area contributed by atoms with Crippen LogP contribution in [0.25, 0.3) is 33.4 Å². The van der Waals surface area contributed by atoms with Gasteiger partial charge in [-0.3, -0.25) is 0 Å². The molecule has 6 aromatic rings. The number of nitrogens with zero attached hydrogens (tertiary/aromatic N) is 1. The smallest absolute Gasteiger partial charge is 0.0465 e. The van der Waals surface area contributed by atoms with Gasteiger partial charge in [-0.2, -0.15) is 0 Å². The van der Waals surface area contributed by atoms with Gasteiger partial charge in [0.1, 0.15) is 0 Å². The number of anilines is 3. The van der Waals surface area contributed by atoms with E-state index in [4.69, 9.17) is 0 Å². The average Bonchev–Trinajstić information content (AvgIpc) is 3.84. The lowest BCUT2D eigenvalue weighted by atomic mass is 9.27. The summed E-state index contributed by atoms with van der Waals surface area (Å²) in [6.45, 7) is 9.79. The van der Waals surface area contributed by atoms with Crippen LogP contribution in [0, 0.1) is 29.1 Å². The fourth-order valence-electron chi connectivity index (χ4n) is 14.0. The second kappa shape index (κ2) is 10.9. The van der Waals surface area contributed by atoms with Crippen molar-refractivity contribution in [2.24, 2.45) is 29.1 Å². The Balaban J connectivity index is 1.07. The van der Waals surface area contributed by atoms with E-state index in [1.807, 2.05) is 0 Å². The van der Waals surface area contributed by atoms with Crippen LogP contribution in [0.4, 0.5) is 17.1 Å². The Labute approximate surface area is 327 Å². The van der Waals surface area contributed by atoms with Gasteiger partial charge < -0.3 is 4.90 Å². The van der Waals surface area contributed by atoms with Crippen LogP contribution in [0.15, 0.2) is 140 Å². The van der Waals surface area contributed by atoms with E-state index >= 15 is 0 Å². The van der Waals surface area contributed by atoms with Crippen molar-refractivity contribution in [1.82, 2.24) is 0 Å². The third-order valence-corrected chi connectivity index (χ3v) is 16.4. The first-order chi connectivity index (χ1) is 26.7. The van der Waals surface area contributed by atoms with Crippen LogP contribution in [0.3, 0.4) is 0 Å². The zero-order valence-electron chi connectivity index (χ0n) is 32.8. The Kier molecular flexibility index (Phi) is 6.42. The standard InChI is InChI=1S/C54H51N/c1-51(2)26-27-52(3,4)47-32-41(23-25-44(47)51)55(39-20-18-36(19-21-39)35-12-7-5-8-13-35)40-22-24-43-46(31-40)54(48-29-34-28-38-30-49(54)53(38,48)33-34)45-17-11-16-42(50(43)45)37-14-9-6-10-15-37/h5-25,31-32,34,38,48-49H,26-30,33H2,1-4H3. The molecule has 6 aromatic carbocycles. The number of hydrogen-bond acceptors (Lipinski definition) is 1. The van der Waals surface area contributed by atoms with E-state index in [-0.39, 0.29) is 16.2 Å². The zero-order chi connectivity index (χ0) is 36.9. The summed E-state index contributed by atoms with van der Waals surface area (Å²) in [5.74, 6) is 3.40. The van der Waals surface area contributed by atoms with Crippen molar-refractivity contribution >= 4 is 17.1 Å². The van der Waals surface area contributed by atoms with E-state index in [0.29, 0.717) is 5.41 Å². The van der Waals surface area contributed by atoms with E-state index in [2.05, 4.69) is 172 Å². The average molecular weight is 714 g/mol. The highest BCUT2D eigenvalue weighted by Crippen LogP contribution is 2.90. The lowest BCUT2D eigenvalue weighted by Crippen LogP contribution is -2.73. The predicted molar refractivity (Wildman–Crippen MR) is 228 cm³/mol. The third-order valence-electron chi connectivity index (χ3n) is 16.4. The molecule has 0 amide bonds. The molecule has 4 saturated carbocycles. The Morgan fingerprint density at radius 2 is 1.09 bits per heavy atom. The summed E-state index contributed by atoms with van der Waals surface area (Å²) < 4.78 is 0. The largest absolute Gasteiger partial charge is 0.310 e. The minimum atomic E-state index is 0.113. The Bertz CT molecular complexity index is 2530. The highest BCUT2D eigenvalue weighted by Gasteiger charge is 2.84. The molecule has 55 heavy (non-hydrogen) atoms. The van der Waals surface area contributed by atoms with Gasteiger partial charge in [0, 0.05) is 22.5 Å². The lowest BCUT2D eigenvalue weighted by Gasteiger charge is -2.76. The first kappa shape index (κ1) is 32.4. The molecule has 0 aliphatic heterocycles. The van der Waals surface area contributed by atoms with Crippen LogP contribution in [-0.2, 0) is 16.2 Å². The van der Waals surface area contributed by atoms with E-state index in [9.17, 15) is 0 Å². The van der Waals surface area contributed by atoms with Gasteiger partial charge in [0.2, 0.25) is 0 Å². The van der Waals surface area contributed by atoms with Gasteiger partial charge in [-0.15, -0.1) is 0 Å². The molecule has 2 bridgehead atoms. The van der Waals surface area contributed by atoms with E-state index in [0.717, 1.165) is 23.7 Å². The summed E-state index contributed by atoms with van der Waals surface area (Å²) in [5.41, 5.74) is 19.3. The molecule has 1 nitrogen and oxygen atoms in total. The quantitative estimate of drug-likeness (QED) is 0.172. The van der Waals surface area contributed by atoms with Crippen molar-refractivity contribution in [3.05, 3.63) is 162 Å². The SMILES string of the molecule is CC1(C)CCC(C)(C)c2cc(N(c3ccc(-c4ccccc4)cc3)c3ccc4c(c3)C3(c5cccc(-c6ccccc6)c5-4)C4CC5CC6CC3C64C5)ccc21. The second-order valence-corrected chi connectivity index (χ2v) is 19.6. The molecule has 6 aliphatic carbocycles. The summed E-state index contributed by atoms with van der Waals surface area (Å²) >= 11 is 0. The van der Waals surface area contributed by atoms with Crippen LogP contribution in [0.1, 0.15) is 88.5 Å². The fraction of sp³-hybridized carbons (Fsp3) is 0.333. The number of rotatable bonds is 5. The topological polar surface area (TPSA) is 3.24 Å². The first-order valence-electron chi connectivity index (χ1n) is 21.1. The van der Waals surface area contributed by atoms with E-state index < -0.39 is 0 Å². The molecule has 4 fully saturated rings. The molecule has 0 radical (unpaired) electrons. The highest BCUT2D eigenvalue weighted by molar-refractivity contribution is 5.95. The van der Waals surface area contributed by atoms with Crippen LogP contribution >= 0.6 is 0 Å². The summed E-state index contributed by atoms with van der Waals surface area (Å²) in [5, 5.41) is 0. The van der Waals surface area contributed by atoms with Gasteiger partial charge >= 0.3 is 0 Å². The molecule has 0 saturated heterocycles. The Hall–Kier alpha value is -4.88. The molecule has 0 aromatic heterocycles. The normalized spacial score (nSPS) is 29.1. The van der Waals surface area contributed by atoms with Gasteiger partial charge in [-0.1, -0.05) is 131 Å². The van der Waals surface area contributed by atoms with Crippen molar-refractivity contribution in [3.8, 4) is 33.4 Å². The van der Waals surface area contributed by atoms with Gasteiger partial charge in [0.15, 0.2) is 0 Å². The minimum Gasteiger partial charge on any atom is -0.310 e. The molecule has 2 spiro atoms. The number of benzene rings is 6. The van der Waals surface area contributed by atoms with Crippen molar-refractivity contribution in [2.45, 2.75) is 82.5 Å². The monoisotopic (exact) mass is 713 g/mol. The Morgan fingerprint density at radius 3 is 1.82 bits per heavy atom. The zero-order valence-corrected chi connectivity index (χ0v) is 32.8. The Morgan fingerprint density at radius 1 is 0.473 bits per heavy atom. The first-order valence-corrected chi connectivity index (χ1v) is 21.1. The molecule has 1 heteroatoms. The maximum Gasteiger partial charge on any atom is 0.0465 e. The van der Waals surface area contributed by atoms with Crippen molar-refractivity contribution < 1.29 is 0 Å². The van der Waals surface area contributed by atoms with Crippen LogP contribution in [0.5, 0.6) is 0 Å². The molecule has 0 N–H and O–H groups in total. The van der Waals surface area contributed by atoms with Crippen LogP contribution < -0.4 is 4.90 Å². The molecular weight excluding hydrogens is 663 g/mol. The number of fused-ring (bicyclic) bond motifs is 9. The maximum atomic E-state index is 2.68. The van der Waals surface area contributed by atoms with E-state index in [1.165, 1.54) is 100 Å². The van der Waals surface area contributed by atoms with Gasteiger partial charge in [-0.05, 0) is 170 Å².